The summed E-state index contributed by atoms with van der Waals surface area (Å²) in [7, 11) is -3.54. The van der Waals surface area contributed by atoms with E-state index in [1.165, 1.54) is 28.2 Å². The molecule has 9 heteroatoms. The SMILES string of the molecule is CCN(CC)S(=O)(=O)c1ccc(NC(=O)C[C@H]2Sc3ccccc3NC2=O)cc1. The smallest absolute Gasteiger partial charge is 0.243 e. The van der Waals surface area contributed by atoms with Crippen LogP contribution in [0, 0.1) is 0 Å². The first-order valence-corrected chi connectivity index (χ1v) is 11.6. The first kappa shape index (κ1) is 21.4. The molecule has 2 aromatic rings. The Bertz CT molecular complexity index is 1000. The molecule has 2 aromatic carbocycles. The molecule has 3 rings (SSSR count). The lowest BCUT2D eigenvalue weighted by Gasteiger charge is -2.23. The van der Waals surface area contributed by atoms with Crippen molar-refractivity contribution in [1.82, 2.24) is 4.31 Å². The molecule has 0 aliphatic carbocycles. The molecular weight excluding hydrogens is 410 g/mol. The summed E-state index contributed by atoms with van der Waals surface area (Å²) in [5.74, 6) is -0.513. The van der Waals surface area contributed by atoms with Gasteiger partial charge in [0.15, 0.2) is 0 Å². The number of benzene rings is 2. The van der Waals surface area contributed by atoms with E-state index in [1.54, 1.807) is 26.0 Å². The summed E-state index contributed by atoms with van der Waals surface area (Å²) in [5, 5.41) is 5.02. The number of anilines is 2. The number of nitrogens with zero attached hydrogens (tertiary/aromatic N) is 1. The Morgan fingerprint density at radius 3 is 2.41 bits per heavy atom. The van der Waals surface area contributed by atoms with Crippen LogP contribution in [0.25, 0.3) is 0 Å². The lowest BCUT2D eigenvalue weighted by Crippen LogP contribution is -2.32. The van der Waals surface area contributed by atoms with Crippen LogP contribution >= 0.6 is 11.8 Å². The van der Waals surface area contributed by atoms with Crippen LogP contribution in [0.3, 0.4) is 0 Å². The first-order chi connectivity index (χ1) is 13.8. The molecule has 2 amide bonds. The predicted octanol–water partition coefficient (Wildman–Crippen LogP) is 3.16. The molecule has 0 spiro atoms. The van der Waals surface area contributed by atoms with Crippen LogP contribution < -0.4 is 10.6 Å². The van der Waals surface area contributed by atoms with Crippen LogP contribution in [-0.2, 0) is 19.6 Å². The zero-order chi connectivity index (χ0) is 21.0. The molecule has 29 heavy (non-hydrogen) atoms. The van der Waals surface area contributed by atoms with Crippen LogP contribution in [-0.4, -0.2) is 42.9 Å². The summed E-state index contributed by atoms with van der Waals surface area (Å²) in [6.07, 6.45) is 0.0182. The lowest BCUT2D eigenvalue weighted by atomic mass is 10.2. The second-order valence-electron chi connectivity index (χ2n) is 6.46. The molecule has 1 atom stereocenters. The van der Waals surface area contributed by atoms with Crippen molar-refractivity contribution in [2.24, 2.45) is 0 Å². The van der Waals surface area contributed by atoms with Crippen molar-refractivity contribution >= 4 is 45.0 Å². The topological polar surface area (TPSA) is 95.6 Å². The fraction of sp³-hybridized carbons (Fsp3) is 0.300. The summed E-state index contributed by atoms with van der Waals surface area (Å²) in [6, 6.07) is 13.5. The zero-order valence-electron chi connectivity index (χ0n) is 16.2. The van der Waals surface area contributed by atoms with E-state index < -0.39 is 15.3 Å². The van der Waals surface area contributed by atoms with Crippen molar-refractivity contribution in [2.45, 2.75) is 35.3 Å². The molecule has 1 heterocycles. The molecule has 0 bridgehead atoms. The highest BCUT2D eigenvalue weighted by molar-refractivity contribution is 8.01. The highest BCUT2D eigenvalue weighted by Gasteiger charge is 2.29. The van der Waals surface area contributed by atoms with Crippen molar-refractivity contribution < 1.29 is 18.0 Å². The maximum Gasteiger partial charge on any atom is 0.243 e. The van der Waals surface area contributed by atoms with E-state index in [0.29, 0.717) is 18.8 Å². The summed E-state index contributed by atoms with van der Waals surface area (Å²) >= 11 is 1.36. The molecular formula is C20H23N3O4S2. The van der Waals surface area contributed by atoms with Crippen LogP contribution in [0.15, 0.2) is 58.3 Å². The third kappa shape index (κ3) is 4.80. The minimum atomic E-state index is -3.54. The van der Waals surface area contributed by atoms with Gasteiger partial charge in [0, 0.05) is 30.1 Å². The summed E-state index contributed by atoms with van der Waals surface area (Å²) < 4.78 is 26.4. The minimum absolute atomic E-state index is 0.0182. The maximum absolute atomic E-state index is 12.5. The molecule has 0 unspecified atom stereocenters. The average Bonchev–Trinajstić information content (AvgIpc) is 2.69. The van der Waals surface area contributed by atoms with E-state index in [0.717, 1.165) is 10.6 Å². The Hall–Kier alpha value is -2.36. The van der Waals surface area contributed by atoms with Crippen LogP contribution in [0.4, 0.5) is 11.4 Å². The van der Waals surface area contributed by atoms with Gasteiger partial charge in [0.05, 0.1) is 15.8 Å². The van der Waals surface area contributed by atoms with Gasteiger partial charge in [-0.1, -0.05) is 26.0 Å². The fourth-order valence-corrected chi connectivity index (χ4v) is 5.60. The molecule has 0 saturated heterocycles. The number of rotatable bonds is 7. The van der Waals surface area contributed by atoms with Gasteiger partial charge in [-0.2, -0.15) is 4.31 Å². The molecule has 0 fully saturated rings. The van der Waals surface area contributed by atoms with Crippen molar-refractivity contribution in [1.29, 1.82) is 0 Å². The normalized spacial score (nSPS) is 16.2. The van der Waals surface area contributed by atoms with Crippen molar-refractivity contribution in [3.05, 3.63) is 48.5 Å². The van der Waals surface area contributed by atoms with Crippen molar-refractivity contribution in [3.63, 3.8) is 0 Å². The third-order valence-corrected chi connectivity index (χ3v) is 7.90. The zero-order valence-corrected chi connectivity index (χ0v) is 17.8. The van der Waals surface area contributed by atoms with Gasteiger partial charge >= 0.3 is 0 Å². The number of fused-ring (bicyclic) bond motifs is 1. The average molecular weight is 434 g/mol. The number of carbonyl (C=O) groups excluding carboxylic acids is 2. The van der Waals surface area contributed by atoms with Gasteiger partial charge in [-0.3, -0.25) is 9.59 Å². The molecule has 0 saturated carbocycles. The molecule has 0 radical (unpaired) electrons. The first-order valence-electron chi connectivity index (χ1n) is 9.31. The second-order valence-corrected chi connectivity index (χ2v) is 9.64. The fourth-order valence-electron chi connectivity index (χ4n) is 3.03. The van der Waals surface area contributed by atoms with E-state index in [9.17, 15) is 18.0 Å². The van der Waals surface area contributed by atoms with Gasteiger partial charge in [-0.15, -0.1) is 11.8 Å². The number of carbonyl (C=O) groups is 2. The Balaban J connectivity index is 1.64. The van der Waals surface area contributed by atoms with Crippen LogP contribution in [0.5, 0.6) is 0 Å². The summed E-state index contributed by atoms with van der Waals surface area (Å²) in [6.45, 7) is 4.35. The van der Waals surface area contributed by atoms with Crippen molar-refractivity contribution in [2.75, 3.05) is 23.7 Å². The Kier molecular flexibility index (Phi) is 6.61. The quantitative estimate of drug-likeness (QED) is 0.699. The van der Waals surface area contributed by atoms with Gasteiger partial charge in [0.1, 0.15) is 0 Å². The van der Waals surface area contributed by atoms with E-state index in [4.69, 9.17) is 0 Å². The Morgan fingerprint density at radius 2 is 1.76 bits per heavy atom. The van der Waals surface area contributed by atoms with E-state index >= 15 is 0 Å². The second kappa shape index (κ2) is 8.98. The highest BCUT2D eigenvalue weighted by Crippen LogP contribution is 2.36. The summed E-state index contributed by atoms with van der Waals surface area (Å²) in [5.41, 5.74) is 1.24. The summed E-state index contributed by atoms with van der Waals surface area (Å²) in [4.78, 5) is 25.7. The number of sulfonamides is 1. The number of thioether (sulfide) groups is 1. The lowest BCUT2D eigenvalue weighted by molar-refractivity contribution is -0.120. The maximum atomic E-state index is 12.5. The highest BCUT2D eigenvalue weighted by atomic mass is 32.2. The number of para-hydroxylation sites is 1. The van der Waals surface area contributed by atoms with E-state index in [2.05, 4.69) is 10.6 Å². The van der Waals surface area contributed by atoms with E-state index in [-0.39, 0.29) is 23.1 Å². The molecule has 0 aromatic heterocycles. The number of hydrogen-bond donors (Lipinski definition) is 2. The van der Waals surface area contributed by atoms with Gasteiger partial charge in [0.25, 0.3) is 0 Å². The molecule has 2 N–H and O–H groups in total. The van der Waals surface area contributed by atoms with Crippen molar-refractivity contribution in [3.8, 4) is 0 Å². The largest absolute Gasteiger partial charge is 0.326 e. The number of amides is 2. The van der Waals surface area contributed by atoms with E-state index in [1.807, 2.05) is 24.3 Å². The Morgan fingerprint density at radius 1 is 1.10 bits per heavy atom. The number of nitrogens with one attached hydrogen (secondary N) is 2. The number of hydrogen-bond acceptors (Lipinski definition) is 5. The third-order valence-electron chi connectivity index (χ3n) is 4.56. The molecule has 154 valence electrons. The predicted molar refractivity (Wildman–Crippen MR) is 115 cm³/mol. The Labute approximate surface area is 174 Å². The molecule has 7 nitrogen and oxygen atoms in total. The van der Waals surface area contributed by atoms with Crippen LogP contribution in [0.1, 0.15) is 20.3 Å². The molecule has 1 aliphatic rings. The van der Waals surface area contributed by atoms with Crippen LogP contribution in [0.2, 0.25) is 0 Å². The van der Waals surface area contributed by atoms with Gasteiger partial charge in [-0.05, 0) is 36.4 Å². The molecule has 1 aliphatic heterocycles. The standard InChI is InChI=1S/C20H23N3O4S2/c1-3-23(4-2)29(26,27)15-11-9-14(10-12-15)21-19(24)13-18-20(25)22-16-7-5-6-8-17(16)28-18/h5-12,18H,3-4,13H2,1-2H3,(H,21,24)(H,22,25)/t18-/m1/s1. The monoisotopic (exact) mass is 433 g/mol. The minimum Gasteiger partial charge on any atom is -0.326 e. The van der Waals surface area contributed by atoms with Gasteiger partial charge < -0.3 is 10.6 Å². The van der Waals surface area contributed by atoms with Gasteiger partial charge in [0.2, 0.25) is 21.8 Å². The van der Waals surface area contributed by atoms with Gasteiger partial charge in [-0.25, -0.2) is 8.42 Å².